The monoisotopic (exact) mass is 285 g/mol. The highest BCUT2D eigenvalue weighted by Gasteiger charge is 2.12. The minimum Gasteiger partial charge on any atom is -0.490 e. The van der Waals surface area contributed by atoms with Crippen LogP contribution in [-0.4, -0.2) is 45.0 Å². The van der Waals surface area contributed by atoms with Crippen molar-refractivity contribution < 1.29 is 14.3 Å². The van der Waals surface area contributed by atoms with E-state index in [1.807, 2.05) is 21.0 Å². The third-order valence-electron chi connectivity index (χ3n) is 2.46. The van der Waals surface area contributed by atoms with E-state index >= 15 is 0 Å². The summed E-state index contributed by atoms with van der Waals surface area (Å²) in [7, 11) is 4.02. The van der Waals surface area contributed by atoms with Gasteiger partial charge < -0.3 is 14.4 Å². The lowest BCUT2D eigenvalue weighted by molar-refractivity contribution is 0.112. The van der Waals surface area contributed by atoms with Gasteiger partial charge in [0.1, 0.15) is 6.29 Å². The van der Waals surface area contributed by atoms with Crippen molar-refractivity contribution >= 4 is 17.9 Å². The van der Waals surface area contributed by atoms with Gasteiger partial charge in [0.05, 0.1) is 18.2 Å². The number of benzene rings is 1. The maximum Gasteiger partial charge on any atom is 0.179 e. The molecule has 19 heavy (non-hydrogen) atoms. The molecule has 0 aliphatic rings. The zero-order valence-electron chi connectivity index (χ0n) is 11.6. The lowest BCUT2D eigenvalue weighted by Crippen LogP contribution is -2.15. The van der Waals surface area contributed by atoms with Gasteiger partial charge in [-0.1, -0.05) is 11.6 Å². The Morgan fingerprint density at radius 2 is 2.05 bits per heavy atom. The van der Waals surface area contributed by atoms with E-state index in [1.54, 1.807) is 12.1 Å². The smallest absolute Gasteiger partial charge is 0.179 e. The van der Waals surface area contributed by atoms with E-state index in [9.17, 15) is 4.79 Å². The molecule has 106 valence electrons. The van der Waals surface area contributed by atoms with Crippen LogP contribution < -0.4 is 9.47 Å². The maximum absolute atomic E-state index is 10.8. The van der Waals surface area contributed by atoms with Gasteiger partial charge in [0.2, 0.25) is 0 Å². The molecule has 0 saturated heterocycles. The zero-order valence-corrected chi connectivity index (χ0v) is 12.4. The summed E-state index contributed by atoms with van der Waals surface area (Å²) in [5.74, 6) is 1.02. The second kappa shape index (κ2) is 8.02. The SMILES string of the molecule is CCOc1cc(C=O)cc(Cl)c1OCCCN(C)C. The van der Waals surface area contributed by atoms with E-state index in [2.05, 4.69) is 4.90 Å². The van der Waals surface area contributed by atoms with Gasteiger partial charge in [-0.05, 0) is 39.6 Å². The van der Waals surface area contributed by atoms with Crippen molar-refractivity contribution in [2.75, 3.05) is 33.9 Å². The number of ether oxygens (including phenoxy) is 2. The first-order valence-electron chi connectivity index (χ1n) is 6.27. The lowest BCUT2D eigenvalue weighted by Gasteiger charge is -2.15. The van der Waals surface area contributed by atoms with Gasteiger partial charge in [-0.15, -0.1) is 0 Å². The molecule has 0 spiro atoms. The molecule has 0 N–H and O–H groups in total. The second-order valence-electron chi connectivity index (χ2n) is 4.39. The first-order valence-corrected chi connectivity index (χ1v) is 6.65. The van der Waals surface area contributed by atoms with Crippen molar-refractivity contribution in [2.24, 2.45) is 0 Å². The van der Waals surface area contributed by atoms with Gasteiger partial charge >= 0.3 is 0 Å². The van der Waals surface area contributed by atoms with Crippen LogP contribution in [0.25, 0.3) is 0 Å². The predicted molar refractivity (Wildman–Crippen MR) is 76.7 cm³/mol. The van der Waals surface area contributed by atoms with Crippen molar-refractivity contribution in [2.45, 2.75) is 13.3 Å². The Morgan fingerprint density at radius 1 is 1.32 bits per heavy atom. The standard InChI is InChI=1S/C14H20ClNO3/c1-4-18-13-9-11(10-17)8-12(15)14(13)19-7-5-6-16(2)3/h8-10H,4-7H2,1-3H3. The molecule has 0 fully saturated rings. The molecule has 0 aliphatic carbocycles. The molecule has 4 nitrogen and oxygen atoms in total. The first-order chi connectivity index (χ1) is 9.08. The molecule has 1 aromatic rings. The fourth-order valence-corrected chi connectivity index (χ4v) is 1.89. The Labute approximate surface area is 119 Å². The van der Waals surface area contributed by atoms with Crippen LogP contribution in [0.4, 0.5) is 0 Å². The normalized spacial score (nSPS) is 10.6. The maximum atomic E-state index is 10.8. The van der Waals surface area contributed by atoms with Crippen LogP contribution in [0.15, 0.2) is 12.1 Å². The molecule has 0 aliphatic heterocycles. The molecule has 0 radical (unpaired) electrons. The quantitative estimate of drug-likeness (QED) is 0.544. The Bertz CT molecular complexity index is 421. The molecule has 0 bridgehead atoms. The number of hydrogen-bond acceptors (Lipinski definition) is 4. The van der Waals surface area contributed by atoms with Crippen LogP contribution in [0.5, 0.6) is 11.5 Å². The minimum atomic E-state index is 0.401. The number of carbonyl (C=O) groups is 1. The van der Waals surface area contributed by atoms with Crippen LogP contribution in [0.2, 0.25) is 5.02 Å². The van der Waals surface area contributed by atoms with Gasteiger partial charge in [-0.2, -0.15) is 0 Å². The molecular weight excluding hydrogens is 266 g/mol. The van der Waals surface area contributed by atoms with Crippen LogP contribution in [-0.2, 0) is 0 Å². The largest absolute Gasteiger partial charge is 0.490 e. The summed E-state index contributed by atoms with van der Waals surface area (Å²) in [6.07, 6.45) is 1.63. The Morgan fingerprint density at radius 3 is 2.63 bits per heavy atom. The molecule has 0 aromatic heterocycles. The molecular formula is C14H20ClNO3. The van der Waals surface area contributed by atoms with E-state index in [-0.39, 0.29) is 0 Å². The highest BCUT2D eigenvalue weighted by molar-refractivity contribution is 6.32. The average Bonchev–Trinajstić information content (AvgIpc) is 2.36. The summed E-state index contributed by atoms with van der Waals surface area (Å²) in [6.45, 7) is 3.86. The number of nitrogens with zero attached hydrogens (tertiary/aromatic N) is 1. The van der Waals surface area contributed by atoms with Crippen molar-refractivity contribution in [3.05, 3.63) is 22.7 Å². The minimum absolute atomic E-state index is 0.401. The highest BCUT2D eigenvalue weighted by atomic mass is 35.5. The fraction of sp³-hybridized carbons (Fsp3) is 0.500. The van der Waals surface area contributed by atoms with E-state index in [0.29, 0.717) is 35.3 Å². The van der Waals surface area contributed by atoms with E-state index in [0.717, 1.165) is 19.3 Å². The number of aldehydes is 1. The summed E-state index contributed by atoms with van der Waals surface area (Å²) in [5, 5.41) is 0.401. The van der Waals surface area contributed by atoms with Gasteiger partial charge in [-0.25, -0.2) is 0 Å². The second-order valence-corrected chi connectivity index (χ2v) is 4.79. The molecule has 0 unspecified atom stereocenters. The number of carbonyl (C=O) groups excluding carboxylic acids is 1. The Hall–Kier alpha value is -1.26. The average molecular weight is 286 g/mol. The summed E-state index contributed by atoms with van der Waals surface area (Å²) in [4.78, 5) is 12.9. The molecule has 0 heterocycles. The highest BCUT2D eigenvalue weighted by Crippen LogP contribution is 2.36. The van der Waals surface area contributed by atoms with Gasteiger partial charge in [0.25, 0.3) is 0 Å². The molecule has 0 atom stereocenters. The first kappa shape index (κ1) is 15.8. The van der Waals surface area contributed by atoms with Gasteiger partial charge in [-0.3, -0.25) is 4.79 Å². The van der Waals surface area contributed by atoms with Crippen LogP contribution in [0, 0.1) is 0 Å². The van der Waals surface area contributed by atoms with Crippen LogP contribution in [0.3, 0.4) is 0 Å². The van der Waals surface area contributed by atoms with Gasteiger partial charge in [0.15, 0.2) is 11.5 Å². The summed E-state index contributed by atoms with van der Waals surface area (Å²) >= 11 is 6.12. The molecule has 0 amide bonds. The summed E-state index contributed by atoms with van der Waals surface area (Å²) < 4.78 is 11.1. The summed E-state index contributed by atoms with van der Waals surface area (Å²) in [6, 6.07) is 3.22. The van der Waals surface area contributed by atoms with Crippen LogP contribution in [0.1, 0.15) is 23.7 Å². The van der Waals surface area contributed by atoms with Crippen molar-refractivity contribution in [1.82, 2.24) is 4.90 Å². The topological polar surface area (TPSA) is 38.8 Å². The molecule has 1 rings (SSSR count). The lowest BCUT2D eigenvalue weighted by atomic mass is 10.2. The van der Waals surface area contributed by atoms with Crippen LogP contribution >= 0.6 is 11.6 Å². The number of halogens is 1. The molecule has 5 heteroatoms. The van der Waals surface area contributed by atoms with Gasteiger partial charge in [0, 0.05) is 12.1 Å². The van der Waals surface area contributed by atoms with Crippen molar-refractivity contribution in [3.8, 4) is 11.5 Å². The zero-order chi connectivity index (χ0) is 14.3. The predicted octanol–water partition coefficient (Wildman–Crippen LogP) is 2.88. The van der Waals surface area contributed by atoms with E-state index < -0.39 is 0 Å². The van der Waals surface area contributed by atoms with E-state index in [1.165, 1.54) is 0 Å². The number of hydrogen-bond donors (Lipinski definition) is 0. The fourth-order valence-electron chi connectivity index (χ4n) is 1.61. The third-order valence-corrected chi connectivity index (χ3v) is 2.74. The summed E-state index contributed by atoms with van der Waals surface area (Å²) in [5.41, 5.74) is 0.481. The van der Waals surface area contributed by atoms with Crippen molar-refractivity contribution in [3.63, 3.8) is 0 Å². The third kappa shape index (κ3) is 5.09. The molecule has 1 aromatic carbocycles. The molecule has 0 saturated carbocycles. The van der Waals surface area contributed by atoms with Crippen molar-refractivity contribution in [1.29, 1.82) is 0 Å². The Balaban J connectivity index is 2.76. The Kier molecular flexibility index (Phi) is 6.67. The van der Waals surface area contributed by atoms with E-state index in [4.69, 9.17) is 21.1 Å². The number of rotatable bonds is 8.